The lowest BCUT2D eigenvalue weighted by Crippen LogP contribution is -2.36. The second-order valence-corrected chi connectivity index (χ2v) is 7.04. The van der Waals surface area contributed by atoms with E-state index in [2.05, 4.69) is 33.0 Å². The average molecular weight is 253 g/mol. The molecule has 1 nitrogen and oxygen atoms in total. The van der Waals surface area contributed by atoms with Crippen LogP contribution in [0.5, 0.6) is 0 Å². The van der Waals surface area contributed by atoms with E-state index in [0.717, 1.165) is 11.8 Å². The Morgan fingerprint density at radius 1 is 0.833 bits per heavy atom. The summed E-state index contributed by atoms with van der Waals surface area (Å²) in [5.74, 6) is 1.70. The third kappa shape index (κ3) is 6.22. The summed E-state index contributed by atoms with van der Waals surface area (Å²) in [4.78, 5) is 0. The lowest BCUT2D eigenvalue weighted by Gasteiger charge is -2.21. The topological polar surface area (TPSA) is 12.0 Å². The maximum atomic E-state index is 3.79. The Balaban J connectivity index is 1.82. The molecule has 0 bridgehead atoms. The van der Waals surface area contributed by atoms with Gasteiger partial charge in [0.25, 0.3) is 0 Å². The van der Waals surface area contributed by atoms with Gasteiger partial charge >= 0.3 is 0 Å². The van der Waals surface area contributed by atoms with E-state index in [1.54, 1.807) is 0 Å². The summed E-state index contributed by atoms with van der Waals surface area (Å²) in [6.07, 6.45) is 12.8. The minimum atomic E-state index is 0.539. The van der Waals surface area contributed by atoms with E-state index in [0.29, 0.717) is 5.54 Å². The second kappa shape index (κ2) is 8.19. The molecule has 0 spiro atoms. The Bertz CT molecular complexity index is 204. The van der Waals surface area contributed by atoms with Gasteiger partial charge < -0.3 is 5.32 Å². The van der Waals surface area contributed by atoms with Crippen molar-refractivity contribution in [3.05, 3.63) is 0 Å². The molecule has 0 atom stereocenters. The third-order valence-corrected chi connectivity index (χ3v) is 4.58. The van der Waals surface area contributed by atoms with E-state index in [-0.39, 0.29) is 0 Å². The van der Waals surface area contributed by atoms with Crippen molar-refractivity contribution < 1.29 is 0 Å². The van der Waals surface area contributed by atoms with Crippen molar-refractivity contribution in [3.8, 4) is 0 Å². The van der Waals surface area contributed by atoms with Gasteiger partial charge in [-0.15, -0.1) is 0 Å². The van der Waals surface area contributed by atoms with Gasteiger partial charge in [-0.05, 0) is 37.6 Å². The lowest BCUT2D eigenvalue weighted by atomic mass is 10.0. The van der Waals surface area contributed by atoms with Crippen LogP contribution < -0.4 is 5.32 Å². The summed E-state index contributed by atoms with van der Waals surface area (Å²) >= 11 is 0. The van der Waals surface area contributed by atoms with Crippen molar-refractivity contribution in [2.75, 3.05) is 6.54 Å². The number of nitrogens with one attached hydrogen (secondary N) is 1. The van der Waals surface area contributed by atoms with Gasteiger partial charge in [0.1, 0.15) is 0 Å². The summed E-state index contributed by atoms with van der Waals surface area (Å²) in [5, 5.41) is 3.79. The molecule has 1 aliphatic carbocycles. The highest BCUT2D eigenvalue weighted by Gasteiger charge is 2.44. The van der Waals surface area contributed by atoms with Crippen molar-refractivity contribution in [2.24, 2.45) is 11.8 Å². The minimum absolute atomic E-state index is 0.539. The highest BCUT2D eigenvalue weighted by molar-refractivity contribution is 5.03. The number of unbranched alkanes of at least 4 members (excludes halogenated alkanes) is 5. The highest BCUT2D eigenvalue weighted by Crippen LogP contribution is 2.41. The average Bonchev–Trinajstić information content (AvgIpc) is 3.07. The maximum absolute atomic E-state index is 3.79. The standard InChI is InChI=1S/C17H35N/c1-15(2)11-9-7-5-6-8-10-14-18-17(12-13-17)16(3)4/h15-16,18H,5-14H2,1-4H3. The fraction of sp³-hybridized carbons (Fsp3) is 1.00. The fourth-order valence-electron chi connectivity index (χ4n) is 2.81. The predicted molar refractivity (Wildman–Crippen MR) is 82.0 cm³/mol. The van der Waals surface area contributed by atoms with Crippen LogP contribution in [0.4, 0.5) is 0 Å². The molecule has 0 aromatic heterocycles. The van der Waals surface area contributed by atoms with Gasteiger partial charge in [-0.2, -0.15) is 0 Å². The first kappa shape index (κ1) is 16.0. The Morgan fingerprint density at radius 2 is 1.39 bits per heavy atom. The van der Waals surface area contributed by atoms with E-state index in [1.165, 1.54) is 64.3 Å². The molecule has 0 amide bonds. The van der Waals surface area contributed by atoms with E-state index in [4.69, 9.17) is 0 Å². The molecule has 1 fully saturated rings. The van der Waals surface area contributed by atoms with Crippen LogP contribution in [0.3, 0.4) is 0 Å². The monoisotopic (exact) mass is 253 g/mol. The third-order valence-electron chi connectivity index (χ3n) is 4.58. The minimum Gasteiger partial charge on any atom is -0.311 e. The lowest BCUT2D eigenvalue weighted by molar-refractivity contribution is 0.373. The van der Waals surface area contributed by atoms with E-state index < -0.39 is 0 Å². The fourth-order valence-corrected chi connectivity index (χ4v) is 2.81. The first-order valence-electron chi connectivity index (χ1n) is 8.32. The van der Waals surface area contributed by atoms with Crippen molar-refractivity contribution in [3.63, 3.8) is 0 Å². The van der Waals surface area contributed by atoms with Crippen LogP contribution in [0.15, 0.2) is 0 Å². The smallest absolute Gasteiger partial charge is 0.0205 e. The number of hydrogen-bond acceptors (Lipinski definition) is 1. The van der Waals surface area contributed by atoms with Crippen LogP contribution in [-0.4, -0.2) is 12.1 Å². The van der Waals surface area contributed by atoms with Crippen LogP contribution in [0.1, 0.15) is 85.5 Å². The van der Waals surface area contributed by atoms with Gasteiger partial charge in [-0.3, -0.25) is 0 Å². The quantitative estimate of drug-likeness (QED) is 0.502. The molecule has 0 aromatic rings. The molecule has 18 heavy (non-hydrogen) atoms. The first-order chi connectivity index (χ1) is 8.57. The van der Waals surface area contributed by atoms with Crippen molar-refractivity contribution in [1.82, 2.24) is 5.32 Å². The Labute approximate surface area is 115 Å². The first-order valence-corrected chi connectivity index (χ1v) is 8.32. The van der Waals surface area contributed by atoms with Crippen LogP contribution >= 0.6 is 0 Å². The molecule has 0 heterocycles. The van der Waals surface area contributed by atoms with Gasteiger partial charge in [0, 0.05) is 5.54 Å². The van der Waals surface area contributed by atoms with Crippen LogP contribution in [0.25, 0.3) is 0 Å². The maximum Gasteiger partial charge on any atom is 0.0205 e. The zero-order valence-electron chi connectivity index (χ0n) is 13.2. The molecule has 1 aliphatic rings. The molecule has 0 unspecified atom stereocenters. The molecule has 108 valence electrons. The van der Waals surface area contributed by atoms with Crippen molar-refractivity contribution in [2.45, 2.75) is 91.0 Å². The van der Waals surface area contributed by atoms with Crippen LogP contribution in [0.2, 0.25) is 0 Å². The summed E-state index contributed by atoms with van der Waals surface area (Å²) in [6.45, 7) is 10.6. The highest BCUT2D eigenvalue weighted by atomic mass is 15.0. The summed E-state index contributed by atoms with van der Waals surface area (Å²) in [6, 6.07) is 0. The molecular formula is C17H35N. The predicted octanol–water partition coefficient (Wildman–Crippen LogP) is 5.15. The Morgan fingerprint density at radius 3 is 1.89 bits per heavy atom. The van der Waals surface area contributed by atoms with Crippen molar-refractivity contribution >= 4 is 0 Å². The zero-order chi connectivity index (χ0) is 13.4. The largest absolute Gasteiger partial charge is 0.311 e. The molecule has 0 saturated heterocycles. The van der Waals surface area contributed by atoms with E-state index in [9.17, 15) is 0 Å². The molecule has 1 heteroatoms. The summed E-state index contributed by atoms with van der Waals surface area (Å²) in [7, 11) is 0. The Kier molecular flexibility index (Phi) is 7.29. The van der Waals surface area contributed by atoms with Gasteiger partial charge in [-0.25, -0.2) is 0 Å². The van der Waals surface area contributed by atoms with E-state index >= 15 is 0 Å². The van der Waals surface area contributed by atoms with Gasteiger partial charge in [-0.1, -0.05) is 66.2 Å². The molecule has 1 saturated carbocycles. The molecule has 0 aliphatic heterocycles. The molecule has 1 rings (SSSR count). The summed E-state index contributed by atoms with van der Waals surface area (Å²) in [5.41, 5.74) is 0.539. The normalized spacial score (nSPS) is 17.7. The molecule has 0 aromatic carbocycles. The summed E-state index contributed by atoms with van der Waals surface area (Å²) < 4.78 is 0. The van der Waals surface area contributed by atoms with E-state index in [1.807, 2.05) is 0 Å². The van der Waals surface area contributed by atoms with Crippen LogP contribution in [-0.2, 0) is 0 Å². The van der Waals surface area contributed by atoms with Crippen LogP contribution in [0, 0.1) is 11.8 Å². The molecule has 1 N–H and O–H groups in total. The van der Waals surface area contributed by atoms with Crippen molar-refractivity contribution in [1.29, 1.82) is 0 Å². The SMILES string of the molecule is CC(C)CCCCCCCCNC1(C(C)C)CC1. The van der Waals surface area contributed by atoms with Gasteiger partial charge in [0.2, 0.25) is 0 Å². The number of hydrogen-bond donors (Lipinski definition) is 1. The zero-order valence-corrected chi connectivity index (χ0v) is 13.2. The van der Waals surface area contributed by atoms with Gasteiger partial charge in [0.15, 0.2) is 0 Å². The van der Waals surface area contributed by atoms with Gasteiger partial charge in [0.05, 0.1) is 0 Å². The Hall–Kier alpha value is -0.0400. The molecular weight excluding hydrogens is 218 g/mol. The molecule has 0 radical (unpaired) electrons. The second-order valence-electron chi connectivity index (χ2n) is 7.04. The number of rotatable bonds is 11.